The van der Waals surface area contributed by atoms with E-state index in [1.807, 2.05) is 31.3 Å². The summed E-state index contributed by atoms with van der Waals surface area (Å²) >= 11 is 7.74. The number of thioether (sulfide) groups is 1. The SMILES string of the molecule is CCCN(C)c1cc(Cl)nc(SCc2ccc(C(=O)NC(C)CCCN(CC)CC)cc2)n1. The minimum Gasteiger partial charge on any atom is -0.360 e. The predicted octanol–water partition coefficient (Wildman–Crippen LogP) is 5.51. The van der Waals surface area contributed by atoms with Crippen LogP contribution in [0.3, 0.4) is 0 Å². The smallest absolute Gasteiger partial charge is 0.251 e. The number of hydrogen-bond acceptors (Lipinski definition) is 6. The highest BCUT2D eigenvalue weighted by molar-refractivity contribution is 7.98. The van der Waals surface area contributed by atoms with E-state index in [9.17, 15) is 4.79 Å². The summed E-state index contributed by atoms with van der Waals surface area (Å²) in [6.45, 7) is 12.7. The van der Waals surface area contributed by atoms with Crippen LogP contribution in [0.15, 0.2) is 35.5 Å². The van der Waals surface area contributed by atoms with Gasteiger partial charge in [0.1, 0.15) is 11.0 Å². The summed E-state index contributed by atoms with van der Waals surface area (Å²) in [7, 11) is 2.01. The van der Waals surface area contributed by atoms with Crippen LogP contribution < -0.4 is 10.2 Å². The molecule has 0 aliphatic carbocycles. The lowest BCUT2D eigenvalue weighted by molar-refractivity contribution is 0.0937. The molecule has 1 unspecified atom stereocenters. The molecule has 0 spiro atoms. The van der Waals surface area contributed by atoms with Crippen molar-refractivity contribution in [1.82, 2.24) is 20.2 Å². The zero-order chi connectivity index (χ0) is 24.2. The molecule has 182 valence electrons. The van der Waals surface area contributed by atoms with E-state index in [-0.39, 0.29) is 11.9 Å². The third-order valence-electron chi connectivity index (χ3n) is 5.58. The number of benzene rings is 1. The number of carbonyl (C=O) groups excluding carboxylic acids is 1. The number of nitrogens with zero attached hydrogens (tertiary/aromatic N) is 4. The number of nitrogens with one attached hydrogen (secondary N) is 1. The van der Waals surface area contributed by atoms with E-state index in [1.165, 1.54) is 11.8 Å². The second-order valence-electron chi connectivity index (χ2n) is 8.28. The van der Waals surface area contributed by atoms with Crippen molar-refractivity contribution < 1.29 is 4.79 Å². The molecule has 0 saturated heterocycles. The first-order valence-electron chi connectivity index (χ1n) is 11.9. The first-order chi connectivity index (χ1) is 15.9. The molecule has 0 fully saturated rings. The Hall–Kier alpha value is -1.83. The average Bonchev–Trinajstić information content (AvgIpc) is 2.80. The standard InChI is InChI=1S/C25H38ClN5OS/c1-6-15-30(5)23-17-22(26)28-25(29-23)33-18-20-11-13-21(14-12-20)24(32)27-19(4)10-9-16-31(7-2)8-3/h11-14,17,19H,6-10,15-16,18H2,1-5H3,(H,27,32). The fourth-order valence-electron chi connectivity index (χ4n) is 3.54. The Morgan fingerprint density at radius 2 is 1.82 bits per heavy atom. The monoisotopic (exact) mass is 491 g/mol. The normalized spacial score (nSPS) is 12.1. The molecule has 0 radical (unpaired) electrons. The molecule has 0 saturated carbocycles. The minimum atomic E-state index is -0.0219. The molecular weight excluding hydrogens is 454 g/mol. The van der Waals surface area contributed by atoms with E-state index in [2.05, 4.69) is 52.8 Å². The van der Waals surface area contributed by atoms with Gasteiger partial charge in [0.2, 0.25) is 0 Å². The van der Waals surface area contributed by atoms with Crippen LogP contribution in [-0.2, 0) is 5.75 Å². The Labute approximate surface area is 208 Å². The number of amides is 1. The second-order valence-corrected chi connectivity index (χ2v) is 9.61. The predicted molar refractivity (Wildman–Crippen MR) is 141 cm³/mol. The summed E-state index contributed by atoms with van der Waals surface area (Å²) in [6, 6.07) is 9.69. The number of aromatic nitrogens is 2. The molecule has 1 aromatic carbocycles. The van der Waals surface area contributed by atoms with E-state index < -0.39 is 0 Å². The molecular formula is C25H38ClN5OS. The highest BCUT2D eigenvalue weighted by Gasteiger charge is 2.11. The molecule has 33 heavy (non-hydrogen) atoms. The summed E-state index contributed by atoms with van der Waals surface area (Å²) < 4.78 is 0. The molecule has 1 aromatic heterocycles. The van der Waals surface area contributed by atoms with Gasteiger partial charge in [0, 0.05) is 37.0 Å². The molecule has 1 N–H and O–H groups in total. The van der Waals surface area contributed by atoms with Crippen molar-refractivity contribution >= 4 is 35.1 Å². The Morgan fingerprint density at radius 3 is 2.45 bits per heavy atom. The minimum absolute atomic E-state index is 0.0219. The van der Waals surface area contributed by atoms with Crippen LogP contribution in [0.4, 0.5) is 5.82 Å². The molecule has 0 bridgehead atoms. The van der Waals surface area contributed by atoms with Crippen LogP contribution >= 0.6 is 23.4 Å². The third-order valence-corrected chi connectivity index (χ3v) is 6.69. The molecule has 2 aromatic rings. The lowest BCUT2D eigenvalue weighted by Crippen LogP contribution is -2.33. The maximum atomic E-state index is 12.6. The third kappa shape index (κ3) is 9.51. The number of carbonyl (C=O) groups is 1. The molecule has 0 aliphatic rings. The topological polar surface area (TPSA) is 61.4 Å². The fraction of sp³-hybridized carbons (Fsp3) is 0.560. The number of rotatable bonds is 14. The van der Waals surface area contributed by atoms with Crippen LogP contribution in [0, 0.1) is 0 Å². The summed E-state index contributed by atoms with van der Waals surface area (Å²) in [5, 5.41) is 4.22. The van der Waals surface area contributed by atoms with Gasteiger partial charge in [-0.2, -0.15) is 0 Å². The average molecular weight is 492 g/mol. The van der Waals surface area contributed by atoms with Crippen LogP contribution in [-0.4, -0.2) is 60.0 Å². The van der Waals surface area contributed by atoms with Crippen molar-refractivity contribution in [3.63, 3.8) is 0 Å². The second kappa shape index (κ2) is 14.4. The highest BCUT2D eigenvalue weighted by Crippen LogP contribution is 2.24. The molecule has 6 nitrogen and oxygen atoms in total. The fourth-order valence-corrected chi connectivity index (χ4v) is 4.57. The summed E-state index contributed by atoms with van der Waals surface area (Å²) in [4.78, 5) is 26.0. The van der Waals surface area contributed by atoms with Crippen molar-refractivity contribution in [2.75, 3.05) is 38.1 Å². The zero-order valence-electron chi connectivity index (χ0n) is 20.6. The van der Waals surface area contributed by atoms with Crippen molar-refractivity contribution in [2.24, 2.45) is 0 Å². The number of hydrogen-bond donors (Lipinski definition) is 1. The van der Waals surface area contributed by atoms with Gasteiger partial charge in [-0.1, -0.05) is 56.3 Å². The van der Waals surface area contributed by atoms with E-state index in [0.717, 1.165) is 56.8 Å². The lowest BCUT2D eigenvalue weighted by atomic mass is 10.1. The quantitative estimate of drug-likeness (QED) is 0.213. The van der Waals surface area contributed by atoms with Gasteiger partial charge < -0.3 is 15.1 Å². The maximum Gasteiger partial charge on any atom is 0.251 e. The molecule has 2 rings (SSSR count). The Morgan fingerprint density at radius 1 is 1.12 bits per heavy atom. The summed E-state index contributed by atoms with van der Waals surface area (Å²) in [5.41, 5.74) is 1.79. The van der Waals surface area contributed by atoms with Gasteiger partial charge in [0.25, 0.3) is 5.91 Å². The van der Waals surface area contributed by atoms with Gasteiger partial charge in [-0.05, 0) is 63.5 Å². The molecule has 1 atom stereocenters. The lowest BCUT2D eigenvalue weighted by Gasteiger charge is -2.19. The van der Waals surface area contributed by atoms with Crippen LogP contribution in [0.25, 0.3) is 0 Å². The van der Waals surface area contributed by atoms with Crippen molar-refractivity contribution in [2.45, 2.75) is 63.9 Å². The Kier molecular flexibility index (Phi) is 12.0. The maximum absolute atomic E-state index is 12.6. The van der Waals surface area contributed by atoms with E-state index in [4.69, 9.17) is 11.6 Å². The molecule has 0 aliphatic heterocycles. The largest absolute Gasteiger partial charge is 0.360 e. The van der Waals surface area contributed by atoms with Crippen molar-refractivity contribution in [1.29, 1.82) is 0 Å². The van der Waals surface area contributed by atoms with Crippen LogP contribution in [0.2, 0.25) is 5.15 Å². The number of halogens is 1. The zero-order valence-corrected chi connectivity index (χ0v) is 22.2. The van der Waals surface area contributed by atoms with Gasteiger partial charge in [-0.25, -0.2) is 9.97 Å². The van der Waals surface area contributed by atoms with Crippen molar-refractivity contribution in [3.05, 3.63) is 46.6 Å². The van der Waals surface area contributed by atoms with Crippen molar-refractivity contribution in [3.8, 4) is 0 Å². The summed E-state index contributed by atoms with van der Waals surface area (Å²) in [5.74, 6) is 1.52. The highest BCUT2D eigenvalue weighted by atomic mass is 35.5. The van der Waals surface area contributed by atoms with Gasteiger partial charge in [0.05, 0.1) is 0 Å². The van der Waals surface area contributed by atoms with Gasteiger partial charge in [-0.3, -0.25) is 4.79 Å². The summed E-state index contributed by atoms with van der Waals surface area (Å²) in [6.07, 6.45) is 3.10. The first kappa shape index (κ1) is 27.4. The Bertz CT molecular complexity index is 860. The van der Waals surface area contributed by atoms with E-state index in [1.54, 1.807) is 6.07 Å². The van der Waals surface area contributed by atoms with Crippen LogP contribution in [0.1, 0.15) is 62.9 Å². The van der Waals surface area contributed by atoms with E-state index in [0.29, 0.717) is 21.6 Å². The first-order valence-corrected chi connectivity index (χ1v) is 13.2. The number of anilines is 1. The van der Waals surface area contributed by atoms with Gasteiger partial charge >= 0.3 is 0 Å². The molecule has 1 amide bonds. The molecule has 8 heteroatoms. The van der Waals surface area contributed by atoms with Gasteiger partial charge in [-0.15, -0.1) is 0 Å². The van der Waals surface area contributed by atoms with Gasteiger partial charge in [0.15, 0.2) is 5.16 Å². The van der Waals surface area contributed by atoms with E-state index >= 15 is 0 Å². The molecule has 1 heterocycles. The van der Waals surface area contributed by atoms with Crippen LogP contribution in [0.5, 0.6) is 0 Å². The Balaban J connectivity index is 1.85.